The van der Waals surface area contributed by atoms with Gasteiger partial charge in [0.2, 0.25) is 11.8 Å². The van der Waals surface area contributed by atoms with Crippen LogP contribution in [0.3, 0.4) is 0 Å². The topological polar surface area (TPSA) is 131 Å². The number of carbonyl (C=O) groups excluding carboxylic acids is 4. The monoisotopic (exact) mass is 574 g/mol. The Kier molecular flexibility index (Phi) is 10.7. The third-order valence-corrected chi connectivity index (χ3v) is 6.74. The molecule has 0 aliphatic rings. The Bertz CT molecular complexity index is 1450. The Morgan fingerprint density at radius 1 is 0.952 bits per heavy atom. The predicted octanol–water partition coefficient (Wildman–Crippen LogP) is 5.53. The fraction of sp³-hybridized carbons (Fsp3) is 0.394. The summed E-state index contributed by atoms with van der Waals surface area (Å²) >= 11 is 0. The highest BCUT2D eigenvalue weighted by Gasteiger charge is 2.37. The molecule has 4 N–H and O–H groups in total. The molecular formula is C33H42N4O5. The van der Waals surface area contributed by atoms with Gasteiger partial charge in [-0.15, -0.1) is 0 Å². The van der Waals surface area contributed by atoms with E-state index in [0.29, 0.717) is 17.7 Å². The van der Waals surface area contributed by atoms with Crippen molar-refractivity contribution in [3.8, 4) is 0 Å². The molecule has 0 bridgehead atoms. The van der Waals surface area contributed by atoms with Gasteiger partial charge in [-0.25, -0.2) is 4.79 Å². The Labute approximate surface area is 247 Å². The van der Waals surface area contributed by atoms with Gasteiger partial charge in [0.1, 0.15) is 17.7 Å². The van der Waals surface area contributed by atoms with Gasteiger partial charge < -0.3 is 26.0 Å². The van der Waals surface area contributed by atoms with Gasteiger partial charge in [-0.3, -0.25) is 14.4 Å². The van der Waals surface area contributed by atoms with E-state index in [4.69, 9.17) is 10.5 Å². The van der Waals surface area contributed by atoms with Gasteiger partial charge in [-0.1, -0.05) is 67.4 Å². The molecule has 4 amide bonds. The number of anilines is 1. The summed E-state index contributed by atoms with van der Waals surface area (Å²) in [4.78, 5) is 54.5. The standard InChI is InChI=1S/C33H42N4O5/c1-7-8-17-37(31(40)27(20-28(34)38)36-32(41)42-33(4,5)6)29(26-18-21(2)13-14-22(26)3)30(39)35-25-16-15-23-11-9-10-12-24(23)19-25/h9-16,18-19,27,29H,7-8,17,20H2,1-6H3,(H2,34,38)(H,35,39)(H,36,41). The van der Waals surface area contributed by atoms with Gasteiger partial charge >= 0.3 is 6.09 Å². The average molecular weight is 575 g/mol. The number of unbranched alkanes of at least 4 members (excludes halogenated alkanes) is 1. The van der Waals surface area contributed by atoms with Crippen LogP contribution in [0.1, 0.15) is 69.7 Å². The lowest BCUT2D eigenvalue weighted by atomic mass is 9.95. The number of aryl methyl sites for hydroxylation is 2. The number of benzene rings is 3. The summed E-state index contributed by atoms with van der Waals surface area (Å²) in [5.74, 6) is -1.80. The highest BCUT2D eigenvalue weighted by atomic mass is 16.6. The number of hydrogen-bond donors (Lipinski definition) is 3. The van der Waals surface area contributed by atoms with Crippen LogP contribution >= 0.6 is 0 Å². The molecule has 0 heterocycles. The second kappa shape index (κ2) is 14.0. The number of fused-ring (bicyclic) bond motifs is 1. The molecule has 0 aliphatic heterocycles. The van der Waals surface area contributed by atoms with E-state index in [0.717, 1.165) is 28.3 Å². The number of hydrogen-bond acceptors (Lipinski definition) is 5. The normalized spacial score (nSPS) is 12.7. The van der Waals surface area contributed by atoms with E-state index in [1.54, 1.807) is 20.8 Å². The molecule has 0 aliphatic carbocycles. The SMILES string of the molecule is CCCCN(C(=O)C(CC(N)=O)NC(=O)OC(C)(C)C)C(C(=O)Nc1ccc2ccccc2c1)c1cc(C)ccc1C. The zero-order valence-corrected chi connectivity index (χ0v) is 25.3. The molecule has 9 nitrogen and oxygen atoms in total. The largest absolute Gasteiger partial charge is 0.444 e. The molecule has 2 atom stereocenters. The number of carbonyl (C=O) groups is 4. The zero-order chi connectivity index (χ0) is 31.0. The number of ether oxygens (including phenoxy) is 1. The smallest absolute Gasteiger partial charge is 0.408 e. The Morgan fingerprint density at radius 2 is 1.64 bits per heavy atom. The van der Waals surface area contributed by atoms with E-state index < -0.39 is 47.9 Å². The molecule has 3 rings (SSSR count). The van der Waals surface area contributed by atoms with E-state index >= 15 is 0 Å². The maximum Gasteiger partial charge on any atom is 0.408 e. The molecule has 0 saturated heterocycles. The predicted molar refractivity (Wildman–Crippen MR) is 165 cm³/mol. The van der Waals surface area contributed by atoms with Gasteiger partial charge in [-0.05, 0) is 75.1 Å². The maximum atomic E-state index is 14.2. The van der Waals surface area contributed by atoms with Crippen LogP contribution in [0.15, 0.2) is 60.7 Å². The summed E-state index contributed by atoms with van der Waals surface area (Å²) in [6.45, 7) is 11.1. The van der Waals surface area contributed by atoms with Crippen LogP contribution in [-0.4, -0.2) is 46.9 Å². The Hall–Kier alpha value is -4.40. The van der Waals surface area contributed by atoms with E-state index in [2.05, 4.69) is 10.6 Å². The lowest BCUT2D eigenvalue weighted by Gasteiger charge is -2.35. The van der Waals surface area contributed by atoms with Crippen molar-refractivity contribution < 1.29 is 23.9 Å². The summed E-state index contributed by atoms with van der Waals surface area (Å²) < 4.78 is 5.35. The fourth-order valence-corrected chi connectivity index (χ4v) is 4.73. The second-order valence-electron chi connectivity index (χ2n) is 11.6. The molecule has 2 unspecified atom stereocenters. The van der Waals surface area contributed by atoms with Crippen molar-refractivity contribution in [1.29, 1.82) is 0 Å². The van der Waals surface area contributed by atoms with Gasteiger partial charge in [0.25, 0.3) is 5.91 Å². The van der Waals surface area contributed by atoms with Crippen LogP contribution in [0.2, 0.25) is 0 Å². The summed E-state index contributed by atoms with van der Waals surface area (Å²) in [6, 6.07) is 16.8. The van der Waals surface area contributed by atoms with E-state index in [1.807, 2.05) is 81.4 Å². The number of nitrogens with one attached hydrogen (secondary N) is 2. The lowest BCUT2D eigenvalue weighted by molar-refractivity contribution is -0.142. The van der Waals surface area contributed by atoms with Crippen molar-refractivity contribution in [2.24, 2.45) is 5.73 Å². The molecule has 224 valence electrons. The second-order valence-corrected chi connectivity index (χ2v) is 11.6. The Morgan fingerprint density at radius 3 is 2.29 bits per heavy atom. The van der Waals surface area contributed by atoms with Gasteiger partial charge in [0, 0.05) is 12.2 Å². The first-order valence-corrected chi connectivity index (χ1v) is 14.2. The van der Waals surface area contributed by atoms with Crippen LogP contribution in [-0.2, 0) is 19.1 Å². The molecule has 3 aromatic carbocycles. The van der Waals surface area contributed by atoms with Crippen LogP contribution in [0, 0.1) is 13.8 Å². The van der Waals surface area contributed by atoms with Crippen LogP contribution < -0.4 is 16.4 Å². The van der Waals surface area contributed by atoms with Crippen LogP contribution in [0.5, 0.6) is 0 Å². The summed E-state index contributed by atoms with van der Waals surface area (Å²) in [7, 11) is 0. The number of primary amides is 1. The van der Waals surface area contributed by atoms with Gasteiger partial charge in [0.15, 0.2) is 0 Å². The average Bonchev–Trinajstić information content (AvgIpc) is 2.90. The quantitative estimate of drug-likeness (QED) is 0.277. The molecular weight excluding hydrogens is 532 g/mol. The third kappa shape index (κ3) is 8.80. The highest BCUT2D eigenvalue weighted by Crippen LogP contribution is 2.29. The third-order valence-electron chi connectivity index (χ3n) is 6.74. The molecule has 42 heavy (non-hydrogen) atoms. The molecule has 0 radical (unpaired) electrons. The summed E-state index contributed by atoms with van der Waals surface area (Å²) in [5.41, 5.74) is 7.63. The van der Waals surface area contributed by atoms with E-state index in [-0.39, 0.29) is 6.54 Å². The van der Waals surface area contributed by atoms with Crippen molar-refractivity contribution in [2.45, 2.75) is 78.5 Å². The first kappa shape index (κ1) is 32.1. The lowest BCUT2D eigenvalue weighted by Crippen LogP contribution is -2.53. The van der Waals surface area contributed by atoms with Gasteiger partial charge in [-0.2, -0.15) is 0 Å². The first-order valence-electron chi connectivity index (χ1n) is 14.2. The molecule has 0 spiro atoms. The number of nitrogens with zero attached hydrogens (tertiary/aromatic N) is 1. The minimum absolute atomic E-state index is 0.212. The van der Waals surface area contributed by atoms with Crippen molar-refractivity contribution in [3.63, 3.8) is 0 Å². The first-order chi connectivity index (χ1) is 19.8. The minimum Gasteiger partial charge on any atom is -0.444 e. The van der Waals surface area contributed by atoms with Crippen molar-refractivity contribution >= 4 is 40.3 Å². The summed E-state index contributed by atoms with van der Waals surface area (Å²) in [6.07, 6.45) is 0.0233. The molecule has 0 fully saturated rings. The number of rotatable bonds is 11. The van der Waals surface area contributed by atoms with Crippen molar-refractivity contribution in [1.82, 2.24) is 10.2 Å². The number of nitrogens with two attached hydrogens (primary N) is 1. The molecule has 9 heteroatoms. The van der Waals surface area contributed by atoms with E-state index in [1.165, 1.54) is 4.90 Å². The molecule has 0 saturated carbocycles. The highest BCUT2D eigenvalue weighted by molar-refractivity contribution is 6.01. The van der Waals surface area contributed by atoms with Crippen molar-refractivity contribution in [3.05, 3.63) is 77.4 Å². The molecule has 3 aromatic rings. The zero-order valence-electron chi connectivity index (χ0n) is 25.3. The van der Waals surface area contributed by atoms with Crippen LogP contribution in [0.4, 0.5) is 10.5 Å². The van der Waals surface area contributed by atoms with E-state index in [9.17, 15) is 19.2 Å². The number of alkyl carbamates (subject to hydrolysis) is 1. The van der Waals surface area contributed by atoms with Crippen LogP contribution in [0.25, 0.3) is 10.8 Å². The number of amides is 4. The molecule has 0 aromatic heterocycles. The summed E-state index contributed by atoms with van der Waals surface area (Å²) in [5, 5.41) is 7.51. The minimum atomic E-state index is -1.32. The maximum absolute atomic E-state index is 14.2. The van der Waals surface area contributed by atoms with Gasteiger partial charge in [0.05, 0.1) is 6.42 Å². The fourth-order valence-electron chi connectivity index (χ4n) is 4.73. The van der Waals surface area contributed by atoms with Crippen molar-refractivity contribution in [2.75, 3.05) is 11.9 Å². The Balaban J connectivity index is 2.07.